The van der Waals surface area contributed by atoms with E-state index in [0.717, 1.165) is 78.1 Å². The third-order valence-electron chi connectivity index (χ3n) is 13.6. The summed E-state index contributed by atoms with van der Waals surface area (Å²) < 4.78 is 0. The minimum atomic E-state index is -1.03. The maximum absolute atomic E-state index is 14.1. The summed E-state index contributed by atoms with van der Waals surface area (Å²) in [5.41, 5.74) is 7.59. The molecular formula is C47H50N8O6. The zero-order chi connectivity index (χ0) is 42.7. The first-order valence-electron chi connectivity index (χ1n) is 21.5. The van der Waals surface area contributed by atoms with Crippen LogP contribution in [0, 0.1) is 11.3 Å². The van der Waals surface area contributed by atoms with Gasteiger partial charge in [-0.25, -0.2) is 0 Å². The summed E-state index contributed by atoms with van der Waals surface area (Å²) >= 11 is 0. The average Bonchev–Trinajstić information content (AvgIpc) is 3.79. The topological polar surface area (TPSA) is 179 Å². The number of aromatic nitrogens is 1. The Morgan fingerprint density at radius 2 is 1.67 bits per heavy atom. The van der Waals surface area contributed by atoms with Crippen molar-refractivity contribution in [3.63, 3.8) is 0 Å². The number of aryl methyl sites for hydroxylation is 1. The fourth-order valence-corrected chi connectivity index (χ4v) is 10.2. The fraction of sp³-hybridized carbons (Fsp3) is 0.426. The standard InChI is InChI=1S/C47H50N8O6/c1-4-28-24-32-33(47(2,3)43-41(42(32)58)30-11-10-27(26-48)23-35(30)50-43)25-37(28)53-17-14-29(15-18-53)52-19-21-54(22-20-52)39(57)9-6-16-49-34-8-5-7-31-40(34)46(61)55(45(31)60)36-12-13-38(56)51-44(36)59/h5,7-8,10-11,23-25,29,36,49-50H,4,6,9,12-22H2,1-3H3,(H,51,56,59). The van der Waals surface area contributed by atoms with Gasteiger partial charge in [0.05, 0.1) is 28.3 Å². The van der Waals surface area contributed by atoms with Crippen molar-refractivity contribution >= 4 is 57.6 Å². The van der Waals surface area contributed by atoms with Crippen molar-refractivity contribution in [2.45, 2.75) is 83.2 Å². The zero-order valence-corrected chi connectivity index (χ0v) is 34.9. The first-order chi connectivity index (χ1) is 29.4. The molecule has 14 heteroatoms. The van der Waals surface area contributed by atoms with E-state index in [1.165, 1.54) is 11.3 Å². The van der Waals surface area contributed by atoms with Crippen molar-refractivity contribution in [3.05, 3.63) is 93.2 Å². The maximum atomic E-state index is 14.1. The van der Waals surface area contributed by atoms with Gasteiger partial charge in [-0.3, -0.25) is 43.9 Å². The Morgan fingerprint density at radius 3 is 2.39 bits per heavy atom. The number of rotatable bonds is 9. The largest absolute Gasteiger partial charge is 0.384 e. The highest BCUT2D eigenvalue weighted by Gasteiger charge is 2.46. The van der Waals surface area contributed by atoms with Gasteiger partial charge in [0.15, 0.2) is 5.78 Å². The molecule has 4 aromatic rings. The molecule has 1 atom stereocenters. The lowest BCUT2D eigenvalue weighted by atomic mass is 9.70. The minimum absolute atomic E-state index is 0.0302. The Kier molecular flexibility index (Phi) is 10.3. The molecule has 5 amide bonds. The third kappa shape index (κ3) is 6.85. The van der Waals surface area contributed by atoms with E-state index < -0.39 is 35.1 Å². The molecule has 1 unspecified atom stereocenters. The van der Waals surface area contributed by atoms with Gasteiger partial charge in [0, 0.05) is 104 Å². The van der Waals surface area contributed by atoms with Crippen molar-refractivity contribution in [1.29, 1.82) is 5.26 Å². The minimum Gasteiger partial charge on any atom is -0.384 e. The monoisotopic (exact) mass is 822 g/mol. The van der Waals surface area contributed by atoms with Gasteiger partial charge in [0.2, 0.25) is 17.7 Å². The Morgan fingerprint density at radius 1 is 0.902 bits per heavy atom. The number of H-pyrrole nitrogens is 1. The molecular weight excluding hydrogens is 773 g/mol. The second-order valence-electron chi connectivity index (χ2n) is 17.4. The lowest BCUT2D eigenvalue weighted by molar-refractivity contribution is -0.136. The van der Waals surface area contributed by atoms with Crippen LogP contribution in [0.2, 0.25) is 0 Å². The Bertz CT molecular complexity index is 2570. The lowest BCUT2D eigenvalue weighted by Crippen LogP contribution is -2.54. The highest BCUT2D eigenvalue weighted by Crippen LogP contribution is 2.46. The van der Waals surface area contributed by atoms with E-state index in [1.54, 1.807) is 24.3 Å². The lowest BCUT2D eigenvalue weighted by Gasteiger charge is -2.44. The SMILES string of the molecule is CCc1cc2c(cc1N1CCC(N3CCN(C(=O)CCCNc4cccc5c4C(=O)N(C4CCC(=O)NC4=O)C5=O)CC3)CC1)C(C)(C)c1[nH]c3cc(C#N)ccc3c1C2=O. The summed E-state index contributed by atoms with van der Waals surface area (Å²) in [6, 6.07) is 16.4. The van der Waals surface area contributed by atoms with Gasteiger partial charge in [0.1, 0.15) is 6.04 Å². The number of hydrogen-bond acceptors (Lipinski definition) is 10. The second kappa shape index (κ2) is 15.6. The van der Waals surface area contributed by atoms with Crippen LogP contribution in [0.1, 0.15) is 118 Å². The number of nitriles is 1. The smallest absolute Gasteiger partial charge is 0.264 e. The molecule has 3 fully saturated rings. The summed E-state index contributed by atoms with van der Waals surface area (Å²) in [7, 11) is 0. The average molecular weight is 823 g/mol. The summed E-state index contributed by atoms with van der Waals surface area (Å²) in [6.45, 7) is 11.7. The predicted octanol–water partition coefficient (Wildman–Crippen LogP) is 4.88. The van der Waals surface area contributed by atoms with Crippen LogP contribution in [0.25, 0.3) is 10.9 Å². The number of piperidine rings is 2. The van der Waals surface area contributed by atoms with Gasteiger partial charge in [-0.2, -0.15) is 5.26 Å². The van der Waals surface area contributed by atoms with Crippen LogP contribution in [0.3, 0.4) is 0 Å². The summed E-state index contributed by atoms with van der Waals surface area (Å²) in [6.07, 6.45) is 3.88. The second-order valence-corrected chi connectivity index (χ2v) is 17.4. The molecule has 3 aromatic carbocycles. The van der Waals surface area contributed by atoms with Crippen LogP contribution in [0.5, 0.6) is 0 Å². The molecule has 5 aliphatic rings. The molecule has 0 spiro atoms. The number of benzene rings is 3. The first-order valence-corrected chi connectivity index (χ1v) is 21.5. The molecule has 0 radical (unpaired) electrons. The number of ketones is 1. The quantitative estimate of drug-likeness (QED) is 0.156. The maximum Gasteiger partial charge on any atom is 0.264 e. The van der Waals surface area contributed by atoms with E-state index in [4.69, 9.17) is 0 Å². The summed E-state index contributed by atoms with van der Waals surface area (Å²) in [5.74, 6) is -2.06. The van der Waals surface area contributed by atoms with Crippen molar-refractivity contribution in [2.24, 2.45) is 0 Å². The summed E-state index contributed by atoms with van der Waals surface area (Å²) in [4.78, 5) is 89.6. The van der Waals surface area contributed by atoms with Crippen LogP contribution in [-0.4, -0.2) is 113 Å². The van der Waals surface area contributed by atoms with Crippen molar-refractivity contribution in [2.75, 3.05) is 56.0 Å². The van der Waals surface area contributed by atoms with Crippen LogP contribution < -0.4 is 15.5 Å². The molecule has 0 bridgehead atoms. The number of imide groups is 2. The number of carbonyl (C=O) groups excluding carboxylic acids is 6. The first kappa shape index (κ1) is 40.1. The highest BCUT2D eigenvalue weighted by molar-refractivity contribution is 6.25. The molecule has 1 aliphatic carbocycles. The number of aromatic amines is 1. The number of nitrogens with zero attached hydrogens (tertiary/aromatic N) is 5. The van der Waals surface area contributed by atoms with Crippen LogP contribution in [0.15, 0.2) is 48.5 Å². The van der Waals surface area contributed by atoms with Gasteiger partial charge in [-0.05, 0) is 79.6 Å². The molecule has 9 rings (SSSR count). The number of amides is 5. The van der Waals surface area contributed by atoms with Gasteiger partial charge in [-0.1, -0.05) is 32.9 Å². The number of hydrogen-bond donors (Lipinski definition) is 3. The van der Waals surface area contributed by atoms with Crippen LogP contribution in [0.4, 0.5) is 11.4 Å². The van der Waals surface area contributed by atoms with E-state index in [9.17, 15) is 34.0 Å². The van der Waals surface area contributed by atoms with Crippen molar-refractivity contribution < 1.29 is 28.8 Å². The van der Waals surface area contributed by atoms with E-state index in [2.05, 4.69) is 64.4 Å². The van der Waals surface area contributed by atoms with Gasteiger partial charge in [0.25, 0.3) is 11.8 Å². The molecule has 61 heavy (non-hydrogen) atoms. The molecule has 3 saturated heterocycles. The van der Waals surface area contributed by atoms with Crippen molar-refractivity contribution in [1.82, 2.24) is 25.0 Å². The van der Waals surface area contributed by atoms with Gasteiger partial charge < -0.3 is 20.1 Å². The number of anilines is 2. The summed E-state index contributed by atoms with van der Waals surface area (Å²) in [5, 5.41) is 15.8. The molecule has 1 aromatic heterocycles. The van der Waals surface area contributed by atoms with Crippen molar-refractivity contribution in [3.8, 4) is 6.07 Å². The van der Waals surface area contributed by atoms with Gasteiger partial charge >= 0.3 is 0 Å². The Hall–Kier alpha value is -6.33. The van der Waals surface area contributed by atoms with E-state index in [0.29, 0.717) is 55.3 Å². The number of nitrogens with one attached hydrogen (secondary N) is 3. The van der Waals surface area contributed by atoms with Gasteiger partial charge in [-0.15, -0.1) is 0 Å². The Balaban J connectivity index is 0.771. The van der Waals surface area contributed by atoms with Crippen LogP contribution >= 0.6 is 0 Å². The predicted molar refractivity (Wildman–Crippen MR) is 229 cm³/mol. The molecule has 3 N–H and O–H groups in total. The molecule has 4 aliphatic heterocycles. The molecule has 14 nitrogen and oxygen atoms in total. The normalized spacial score (nSPS) is 20.4. The number of piperazine rings is 1. The van der Waals surface area contributed by atoms with E-state index in [-0.39, 0.29) is 35.7 Å². The molecule has 5 heterocycles. The van der Waals surface area contributed by atoms with E-state index in [1.807, 2.05) is 17.0 Å². The third-order valence-corrected chi connectivity index (χ3v) is 13.6. The van der Waals surface area contributed by atoms with Crippen LogP contribution in [-0.2, 0) is 26.2 Å². The zero-order valence-electron chi connectivity index (χ0n) is 34.9. The highest BCUT2D eigenvalue weighted by atomic mass is 16.2. The molecule has 314 valence electrons. The molecule has 0 saturated carbocycles. The Labute approximate surface area is 354 Å². The van der Waals surface area contributed by atoms with E-state index >= 15 is 0 Å². The number of fused-ring (bicyclic) bond motifs is 5. The number of carbonyl (C=O) groups is 6. The fourth-order valence-electron chi connectivity index (χ4n) is 10.2.